The summed E-state index contributed by atoms with van der Waals surface area (Å²) in [5, 5.41) is 9.32. The Morgan fingerprint density at radius 1 is 0.931 bits per heavy atom. The number of carbonyl (C=O) groups is 1. The number of halogens is 1. The van der Waals surface area contributed by atoms with Gasteiger partial charge in [0.2, 0.25) is 5.91 Å². The van der Waals surface area contributed by atoms with E-state index in [1.54, 1.807) is 7.05 Å². The summed E-state index contributed by atoms with van der Waals surface area (Å²) in [4.78, 5) is 16.2. The number of carbonyl (C=O) groups excluding carboxylic acids is 1. The summed E-state index contributed by atoms with van der Waals surface area (Å²) in [6, 6.07) is 21.1. The van der Waals surface area contributed by atoms with Gasteiger partial charge in [-0.15, -0.1) is 24.0 Å². The zero-order valence-corrected chi connectivity index (χ0v) is 20.1. The monoisotopic (exact) mass is 508 g/mol. The van der Waals surface area contributed by atoms with E-state index in [1.807, 2.05) is 32.9 Å². The van der Waals surface area contributed by atoms with Crippen LogP contribution < -0.4 is 16.0 Å². The molecule has 29 heavy (non-hydrogen) atoms. The van der Waals surface area contributed by atoms with Gasteiger partial charge in [0, 0.05) is 25.0 Å². The molecular weight excluding hydrogens is 475 g/mol. The van der Waals surface area contributed by atoms with Crippen molar-refractivity contribution in [2.24, 2.45) is 4.99 Å². The Morgan fingerprint density at radius 2 is 1.45 bits per heavy atom. The van der Waals surface area contributed by atoms with Crippen LogP contribution in [0.3, 0.4) is 0 Å². The van der Waals surface area contributed by atoms with Crippen LogP contribution in [0.4, 0.5) is 0 Å². The number of aliphatic imine (C=N–C) groups is 1. The van der Waals surface area contributed by atoms with Crippen molar-refractivity contribution in [1.82, 2.24) is 16.0 Å². The van der Waals surface area contributed by atoms with Gasteiger partial charge in [-0.25, -0.2) is 0 Å². The van der Waals surface area contributed by atoms with Gasteiger partial charge in [0.15, 0.2) is 5.96 Å². The van der Waals surface area contributed by atoms with Crippen molar-refractivity contribution in [3.05, 3.63) is 71.8 Å². The molecule has 0 heterocycles. The van der Waals surface area contributed by atoms with E-state index in [2.05, 4.69) is 69.5 Å². The Morgan fingerprint density at radius 3 is 1.90 bits per heavy atom. The molecule has 1 amide bonds. The molecule has 3 N–H and O–H groups in total. The fourth-order valence-corrected chi connectivity index (χ4v) is 3.08. The van der Waals surface area contributed by atoms with Crippen LogP contribution in [-0.4, -0.2) is 37.5 Å². The van der Waals surface area contributed by atoms with Gasteiger partial charge in [0.1, 0.15) is 0 Å². The lowest BCUT2D eigenvalue weighted by Gasteiger charge is -2.21. The number of guanidine groups is 1. The summed E-state index contributed by atoms with van der Waals surface area (Å²) in [6.07, 6.45) is 0.920. The average Bonchev–Trinajstić information content (AvgIpc) is 2.67. The van der Waals surface area contributed by atoms with E-state index in [1.165, 1.54) is 11.1 Å². The zero-order valence-electron chi connectivity index (χ0n) is 17.7. The first-order valence-electron chi connectivity index (χ1n) is 9.74. The quantitative estimate of drug-likeness (QED) is 0.302. The van der Waals surface area contributed by atoms with E-state index in [4.69, 9.17) is 0 Å². The van der Waals surface area contributed by atoms with E-state index < -0.39 is 0 Å². The summed E-state index contributed by atoms with van der Waals surface area (Å²) in [6.45, 7) is 6.83. The maximum Gasteiger partial charge on any atom is 0.239 e. The highest BCUT2D eigenvalue weighted by Gasteiger charge is 2.15. The van der Waals surface area contributed by atoms with Crippen molar-refractivity contribution in [1.29, 1.82) is 0 Å². The van der Waals surface area contributed by atoms with E-state index in [-0.39, 0.29) is 42.0 Å². The average molecular weight is 508 g/mol. The Labute approximate surface area is 191 Å². The molecule has 0 saturated heterocycles. The largest absolute Gasteiger partial charge is 0.356 e. The lowest BCUT2D eigenvalue weighted by atomic mass is 9.88. The molecule has 0 aliphatic rings. The van der Waals surface area contributed by atoms with Gasteiger partial charge in [-0.05, 0) is 38.3 Å². The van der Waals surface area contributed by atoms with Crippen LogP contribution in [0.1, 0.15) is 44.2 Å². The van der Waals surface area contributed by atoms with E-state index in [9.17, 15) is 4.79 Å². The first kappa shape index (κ1) is 24.9. The molecule has 2 aromatic rings. The van der Waals surface area contributed by atoms with Gasteiger partial charge in [-0.2, -0.15) is 0 Å². The molecule has 0 bridgehead atoms. The van der Waals surface area contributed by atoms with Gasteiger partial charge in [-0.1, -0.05) is 60.7 Å². The van der Waals surface area contributed by atoms with E-state index in [0.717, 1.165) is 13.0 Å². The third kappa shape index (κ3) is 9.30. The number of rotatable bonds is 7. The smallest absolute Gasteiger partial charge is 0.239 e. The van der Waals surface area contributed by atoms with Crippen LogP contribution in [0.25, 0.3) is 0 Å². The molecule has 2 rings (SSSR count). The topological polar surface area (TPSA) is 65.5 Å². The number of nitrogens with zero attached hydrogens (tertiary/aromatic N) is 1. The Bertz CT molecular complexity index is 718. The molecule has 0 unspecified atom stereocenters. The van der Waals surface area contributed by atoms with E-state index in [0.29, 0.717) is 11.9 Å². The first-order chi connectivity index (χ1) is 13.4. The molecule has 0 spiro atoms. The summed E-state index contributed by atoms with van der Waals surface area (Å²) in [5.41, 5.74) is 2.35. The normalized spacial score (nSPS) is 11.6. The molecule has 5 nitrogen and oxygen atoms in total. The third-order valence-electron chi connectivity index (χ3n) is 4.28. The third-order valence-corrected chi connectivity index (χ3v) is 4.28. The van der Waals surface area contributed by atoms with Crippen LogP contribution in [0.15, 0.2) is 65.7 Å². The van der Waals surface area contributed by atoms with Crippen LogP contribution in [-0.2, 0) is 4.79 Å². The van der Waals surface area contributed by atoms with Crippen LogP contribution in [0, 0.1) is 0 Å². The predicted molar refractivity (Wildman–Crippen MR) is 132 cm³/mol. The molecule has 0 fully saturated rings. The second-order valence-electron chi connectivity index (χ2n) is 7.81. The number of hydrogen-bond donors (Lipinski definition) is 3. The zero-order chi connectivity index (χ0) is 20.4. The Kier molecular flexibility index (Phi) is 10.7. The van der Waals surface area contributed by atoms with Gasteiger partial charge >= 0.3 is 0 Å². The molecule has 0 atom stereocenters. The van der Waals surface area contributed by atoms with Crippen molar-refractivity contribution in [2.45, 2.75) is 38.6 Å². The molecule has 6 heteroatoms. The molecule has 0 aromatic heterocycles. The van der Waals surface area contributed by atoms with Crippen molar-refractivity contribution in [3.63, 3.8) is 0 Å². The van der Waals surface area contributed by atoms with E-state index >= 15 is 0 Å². The first-order valence-corrected chi connectivity index (χ1v) is 9.74. The van der Waals surface area contributed by atoms with Gasteiger partial charge in [0.25, 0.3) is 0 Å². The van der Waals surface area contributed by atoms with Crippen molar-refractivity contribution in [3.8, 4) is 0 Å². The molecular formula is C23H33IN4O. The fourth-order valence-electron chi connectivity index (χ4n) is 3.08. The lowest BCUT2D eigenvalue weighted by Crippen LogP contribution is -2.48. The Balaban J connectivity index is 0.00000420. The second kappa shape index (κ2) is 12.5. The molecule has 0 aliphatic heterocycles. The minimum absolute atomic E-state index is 0. The Hall–Kier alpha value is -2.09. The summed E-state index contributed by atoms with van der Waals surface area (Å²) >= 11 is 0. The molecule has 158 valence electrons. The summed E-state index contributed by atoms with van der Waals surface area (Å²) < 4.78 is 0. The number of amides is 1. The number of benzene rings is 2. The van der Waals surface area contributed by atoms with Crippen LogP contribution >= 0.6 is 24.0 Å². The summed E-state index contributed by atoms with van der Waals surface area (Å²) in [7, 11) is 1.71. The fraction of sp³-hybridized carbons (Fsp3) is 0.391. The molecule has 0 radical (unpaired) electrons. The molecule has 0 aliphatic carbocycles. The maximum atomic E-state index is 12.0. The molecule has 2 aromatic carbocycles. The van der Waals surface area contributed by atoms with Crippen LogP contribution in [0.5, 0.6) is 0 Å². The highest BCUT2D eigenvalue weighted by Crippen LogP contribution is 2.27. The SMILES string of the molecule is CN=C(NCCC(c1ccccc1)c1ccccc1)NCC(=O)NC(C)(C)C.I. The lowest BCUT2D eigenvalue weighted by molar-refractivity contribution is -0.121. The minimum Gasteiger partial charge on any atom is -0.356 e. The van der Waals surface area contributed by atoms with Crippen molar-refractivity contribution in [2.75, 3.05) is 20.1 Å². The maximum absolute atomic E-state index is 12.0. The van der Waals surface area contributed by atoms with Crippen molar-refractivity contribution < 1.29 is 4.79 Å². The van der Waals surface area contributed by atoms with Crippen molar-refractivity contribution >= 4 is 35.8 Å². The second-order valence-corrected chi connectivity index (χ2v) is 7.81. The number of nitrogens with one attached hydrogen (secondary N) is 3. The minimum atomic E-state index is -0.242. The molecule has 0 saturated carbocycles. The van der Waals surface area contributed by atoms with Gasteiger partial charge in [-0.3, -0.25) is 9.79 Å². The summed E-state index contributed by atoms with van der Waals surface area (Å²) in [5.74, 6) is 0.878. The number of hydrogen-bond acceptors (Lipinski definition) is 2. The van der Waals surface area contributed by atoms with Crippen LogP contribution in [0.2, 0.25) is 0 Å². The highest BCUT2D eigenvalue weighted by atomic mass is 127. The predicted octanol–water partition coefficient (Wildman–Crippen LogP) is 3.91. The van der Waals surface area contributed by atoms with Gasteiger partial charge in [0.05, 0.1) is 6.54 Å². The highest BCUT2D eigenvalue weighted by molar-refractivity contribution is 14.0. The van der Waals surface area contributed by atoms with Gasteiger partial charge < -0.3 is 16.0 Å². The standard InChI is InChI=1S/C23H32N4O.HI/c1-23(2,3)27-21(28)17-26-22(24-4)25-16-15-20(18-11-7-5-8-12-18)19-13-9-6-10-14-19;/h5-14,20H,15-17H2,1-4H3,(H,27,28)(H2,24,25,26);1H.